The maximum Gasteiger partial charge on any atom is 0.141 e. The van der Waals surface area contributed by atoms with Crippen molar-refractivity contribution in [1.82, 2.24) is 0 Å². The molecule has 0 spiro atoms. The van der Waals surface area contributed by atoms with E-state index in [0.29, 0.717) is 5.69 Å². The predicted octanol–water partition coefficient (Wildman–Crippen LogP) is 4.39. The normalized spacial score (nSPS) is 10.2. The number of nitrogens with two attached hydrogens (primary N) is 1. The third kappa shape index (κ3) is 3.01. The quantitative estimate of drug-likeness (QED) is 0.852. The van der Waals surface area contributed by atoms with Gasteiger partial charge in [-0.05, 0) is 58.2 Å². The topological polar surface area (TPSA) is 35.2 Å². The Balaban J connectivity index is 2.19. The highest BCUT2D eigenvalue weighted by molar-refractivity contribution is 9.10. The maximum absolute atomic E-state index is 5.76. The third-order valence-corrected chi connectivity index (χ3v) is 3.14. The molecule has 17 heavy (non-hydrogen) atoms. The van der Waals surface area contributed by atoms with Crippen LogP contribution in [0.4, 0.5) is 5.69 Å². The smallest absolute Gasteiger partial charge is 0.141 e. The molecule has 2 rings (SSSR count). The number of ether oxygens (including phenoxy) is 1. The molecule has 2 nitrogen and oxygen atoms in total. The van der Waals surface area contributed by atoms with Gasteiger partial charge in [-0.1, -0.05) is 19.1 Å². The van der Waals surface area contributed by atoms with Crippen LogP contribution in [0.25, 0.3) is 0 Å². The minimum Gasteiger partial charge on any atom is -0.456 e. The molecule has 0 aliphatic rings. The van der Waals surface area contributed by atoms with E-state index in [1.807, 2.05) is 30.3 Å². The Labute approximate surface area is 110 Å². The summed E-state index contributed by atoms with van der Waals surface area (Å²) in [4.78, 5) is 0. The van der Waals surface area contributed by atoms with Crippen molar-refractivity contribution in [3.63, 3.8) is 0 Å². The molecular formula is C14H14BrNO. The standard InChI is InChI=1S/C14H14BrNO/c1-2-10-3-6-12(7-4-10)17-14-8-5-11(16)9-13(14)15/h3-9H,2,16H2,1H3. The van der Waals surface area contributed by atoms with Crippen molar-refractivity contribution in [2.75, 3.05) is 5.73 Å². The van der Waals surface area contributed by atoms with Crippen LogP contribution in [0.2, 0.25) is 0 Å². The summed E-state index contributed by atoms with van der Waals surface area (Å²) in [6.07, 6.45) is 1.03. The fraction of sp³-hybridized carbons (Fsp3) is 0.143. The van der Waals surface area contributed by atoms with Gasteiger partial charge in [0.25, 0.3) is 0 Å². The van der Waals surface area contributed by atoms with Gasteiger partial charge < -0.3 is 10.5 Å². The number of anilines is 1. The lowest BCUT2D eigenvalue weighted by Crippen LogP contribution is -1.89. The first-order chi connectivity index (χ1) is 8.19. The SMILES string of the molecule is CCc1ccc(Oc2ccc(N)cc2Br)cc1. The van der Waals surface area contributed by atoms with E-state index in [1.54, 1.807) is 0 Å². The number of halogens is 1. The highest BCUT2D eigenvalue weighted by atomic mass is 79.9. The number of hydrogen-bond acceptors (Lipinski definition) is 2. The molecule has 88 valence electrons. The van der Waals surface area contributed by atoms with Crippen molar-refractivity contribution in [3.05, 3.63) is 52.5 Å². The van der Waals surface area contributed by atoms with Crippen LogP contribution >= 0.6 is 15.9 Å². The minimum absolute atomic E-state index is 0.713. The Morgan fingerprint density at radius 1 is 1.12 bits per heavy atom. The first kappa shape index (κ1) is 12.0. The molecule has 0 fully saturated rings. The summed E-state index contributed by atoms with van der Waals surface area (Å²) < 4.78 is 6.62. The predicted molar refractivity (Wildman–Crippen MR) is 74.4 cm³/mol. The van der Waals surface area contributed by atoms with Gasteiger partial charge in [0.15, 0.2) is 0 Å². The molecule has 0 saturated heterocycles. The Kier molecular flexibility index (Phi) is 3.69. The molecule has 0 aromatic heterocycles. The Morgan fingerprint density at radius 2 is 1.82 bits per heavy atom. The monoisotopic (exact) mass is 291 g/mol. The van der Waals surface area contributed by atoms with Crippen LogP contribution < -0.4 is 10.5 Å². The average Bonchev–Trinajstić information content (AvgIpc) is 2.34. The summed E-state index contributed by atoms with van der Waals surface area (Å²) >= 11 is 3.43. The van der Waals surface area contributed by atoms with E-state index in [0.717, 1.165) is 22.4 Å². The lowest BCUT2D eigenvalue weighted by atomic mass is 10.2. The lowest BCUT2D eigenvalue weighted by Gasteiger charge is -2.08. The number of aryl methyl sites for hydroxylation is 1. The zero-order chi connectivity index (χ0) is 12.3. The highest BCUT2D eigenvalue weighted by Crippen LogP contribution is 2.31. The number of benzene rings is 2. The summed E-state index contributed by atoms with van der Waals surface area (Å²) in [5.41, 5.74) is 7.69. The molecule has 0 bridgehead atoms. The Morgan fingerprint density at radius 3 is 2.41 bits per heavy atom. The van der Waals surface area contributed by atoms with Crippen LogP contribution in [0.15, 0.2) is 46.9 Å². The molecule has 0 aliphatic carbocycles. The van der Waals surface area contributed by atoms with E-state index >= 15 is 0 Å². The summed E-state index contributed by atoms with van der Waals surface area (Å²) in [6.45, 7) is 2.13. The third-order valence-electron chi connectivity index (χ3n) is 2.52. The van der Waals surface area contributed by atoms with Crippen LogP contribution in [-0.4, -0.2) is 0 Å². The molecule has 3 heteroatoms. The van der Waals surface area contributed by atoms with Crippen LogP contribution in [0.1, 0.15) is 12.5 Å². The fourth-order valence-corrected chi connectivity index (χ4v) is 2.00. The molecule has 0 aliphatic heterocycles. The number of hydrogen-bond donors (Lipinski definition) is 1. The molecule has 0 unspecified atom stereocenters. The van der Waals surface area contributed by atoms with Crippen molar-refractivity contribution < 1.29 is 4.74 Å². The van der Waals surface area contributed by atoms with Crippen LogP contribution in [0.5, 0.6) is 11.5 Å². The molecule has 0 heterocycles. The molecule has 0 atom stereocenters. The van der Waals surface area contributed by atoms with Crippen molar-refractivity contribution >= 4 is 21.6 Å². The van der Waals surface area contributed by atoms with Gasteiger partial charge in [0.1, 0.15) is 11.5 Å². The van der Waals surface area contributed by atoms with Gasteiger partial charge in [-0.2, -0.15) is 0 Å². The van der Waals surface area contributed by atoms with Crippen LogP contribution in [-0.2, 0) is 6.42 Å². The van der Waals surface area contributed by atoms with Gasteiger partial charge in [-0.25, -0.2) is 0 Å². The first-order valence-electron chi connectivity index (χ1n) is 5.51. The average molecular weight is 292 g/mol. The first-order valence-corrected chi connectivity index (χ1v) is 6.30. The van der Waals surface area contributed by atoms with E-state index < -0.39 is 0 Å². The summed E-state index contributed by atoms with van der Waals surface area (Å²) in [5.74, 6) is 1.59. The van der Waals surface area contributed by atoms with Crippen molar-refractivity contribution in [3.8, 4) is 11.5 Å². The number of nitrogen functional groups attached to an aromatic ring is 1. The van der Waals surface area contributed by atoms with E-state index in [1.165, 1.54) is 5.56 Å². The minimum atomic E-state index is 0.713. The molecule has 2 N–H and O–H groups in total. The summed E-state index contributed by atoms with van der Waals surface area (Å²) in [5, 5.41) is 0. The van der Waals surface area contributed by atoms with E-state index in [4.69, 9.17) is 10.5 Å². The lowest BCUT2D eigenvalue weighted by molar-refractivity contribution is 0.479. The zero-order valence-corrected chi connectivity index (χ0v) is 11.2. The van der Waals surface area contributed by atoms with E-state index in [2.05, 4.69) is 35.0 Å². The van der Waals surface area contributed by atoms with Crippen molar-refractivity contribution in [2.24, 2.45) is 0 Å². The highest BCUT2D eigenvalue weighted by Gasteiger charge is 2.03. The molecule has 2 aromatic carbocycles. The zero-order valence-electron chi connectivity index (χ0n) is 9.61. The Hall–Kier alpha value is -1.48. The molecular weight excluding hydrogens is 278 g/mol. The molecule has 2 aromatic rings. The second-order valence-corrected chi connectivity index (χ2v) is 4.64. The second kappa shape index (κ2) is 5.23. The molecule has 0 amide bonds. The van der Waals surface area contributed by atoms with Gasteiger partial charge in [0, 0.05) is 5.69 Å². The van der Waals surface area contributed by atoms with Gasteiger partial charge in [0.2, 0.25) is 0 Å². The van der Waals surface area contributed by atoms with Gasteiger partial charge in [-0.3, -0.25) is 0 Å². The fourth-order valence-electron chi connectivity index (χ4n) is 1.52. The molecule has 0 saturated carbocycles. The van der Waals surface area contributed by atoms with Crippen LogP contribution in [0.3, 0.4) is 0 Å². The van der Waals surface area contributed by atoms with Crippen molar-refractivity contribution in [1.29, 1.82) is 0 Å². The largest absolute Gasteiger partial charge is 0.456 e. The van der Waals surface area contributed by atoms with Crippen molar-refractivity contribution in [2.45, 2.75) is 13.3 Å². The van der Waals surface area contributed by atoms with Crippen LogP contribution in [0, 0.1) is 0 Å². The maximum atomic E-state index is 5.76. The van der Waals surface area contributed by atoms with Gasteiger partial charge in [0.05, 0.1) is 4.47 Å². The van der Waals surface area contributed by atoms with Gasteiger partial charge >= 0.3 is 0 Å². The number of rotatable bonds is 3. The summed E-state index contributed by atoms with van der Waals surface area (Å²) in [6, 6.07) is 13.6. The van der Waals surface area contributed by atoms with E-state index in [-0.39, 0.29) is 0 Å². The Bertz CT molecular complexity index is 508. The second-order valence-electron chi connectivity index (χ2n) is 3.79. The molecule has 0 radical (unpaired) electrons. The van der Waals surface area contributed by atoms with E-state index in [9.17, 15) is 0 Å². The van der Waals surface area contributed by atoms with Gasteiger partial charge in [-0.15, -0.1) is 0 Å². The summed E-state index contributed by atoms with van der Waals surface area (Å²) in [7, 11) is 0.